The number of carbonyl (C=O) groups excluding carboxylic acids is 1. The Hall–Kier alpha value is -1.29. The van der Waals surface area contributed by atoms with Gasteiger partial charge in [0.05, 0.1) is 10.6 Å². The third kappa shape index (κ3) is 3.33. The molecule has 0 aliphatic rings. The van der Waals surface area contributed by atoms with Crippen LogP contribution < -0.4 is 5.73 Å². The maximum absolute atomic E-state index is 12.2. The Bertz CT molecular complexity index is 409. The molecular formula is C12H18ClN3O. The van der Waals surface area contributed by atoms with Gasteiger partial charge in [0, 0.05) is 19.3 Å². The number of pyridine rings is 1. The molecule has 1 rings (SSSR count). The maximum Gasteiger partial charge on any atom is 0.255 e. The number of nitrogens with two attached hydrogens (primary N) is 1. The van der Waals surface area contributed by atoms with Crippen LogP contribution in [0.25, 0.3) is 0 Å². The van der Waals surface area contributed by atoms with Crippen LogP contribution in [0.4, 0.5) is 5.82 Å². The highest BCUT2D eigenvalue weighted by Gasteiger charge is 2.19. The molecule has 0 saturated heterocycles. The first-order valence-electron chi connectivity index (χ1n) is 5.65. The Balaban J connectivity index is 2.92. The zero-order valence-corrected chi connectivity index (χ0v) is 11.2. The zero-order valence-electron chi connectivity index (χ0n) is 10.4. The predicted octanol–water partition coefficient (Wildman–Crippen LogP) is 2.58. The lowest BCUT2D eigenvalue weighted by molar-refractivity contribution is 0.0737. The molecule has 17 heavy (non-hydrogen) atoms. The van der Waals surface area contributed by atoms with Crippen molar-refractivity contribution in [2.75, 3.05) is 12.8 Å². The van der Waals surface area contributed by atoms with Crippen molar-refractivity contribution in [2.24, 2.45) is 0 Å². The van der Waals surface area contributed by atoms with Gasteiger partial charge in [0.15, 0.2) is 0 Å². The molecule has 0 aliphatic carbocycles. The number of halogens is 1. The van der Waals surface area contributed by atoms with Crippen LogP contribution >= 0.6 is 11.6 Å². The van der Waals surface area contributed by atoms with E-state index in [4.69, 9.17) is 17.3 Å². The topological polar surface area (TPSA) is 59.2 Å². The first-order chi connectivity index (χ1) is 7.97. The molecule has 0 aliphatic heterocycles. The summed E-state index contributed by atoms with van der Waals surface area (Å²) in [6, 6.07) is 1.69. The fraction of sp³-hybridized carbons (Fsp3) is 0.500. The van der Waals surface area contributed by atoms with E-state index in [1.54, 1.807) is 11.9 Å². The predicted molar refractivity (Wildman–Crippen MR) is 70.1 cm³/mol. The van der Waals surface area contributed by atoms with Crippen molar-refractivity contribution in [3.8, 4) is 0 Å². The summed E-state index contributed by atoms with van der Waals surface area (Å²) in [5, 5.41) is 0.333. The van der Waals surface area contributed by atoms with E-state index >= 15 is 0 Å². The van der Waals surface area contributed by atoms with Crippen LogP contribution in [-0.4, -0.2) is 28.9 Å². The van der Waals surface area contributed by atoms with Crippen molar-refractivity contribution in [1.82, 2.24) is 9.88 Å². The van der Waals surface area contributed by atoms with Gasteiger partial charge in [0.2, 0.25) is 0 Å². The second-order valence-corrected chi connectivity index (χ2v) is 4.55. The average Bonchev–Trinajstić information content (AvgIpc) is 2.30. The Labute approximate surface area is 107 Å². The number of nitrogens with zero attached hydrogens (tertiary/aromatic N) is 2. The summed E-state index contributed by atoms with van der Waals surface area (Å²) in [6.45, 7) is 4.10. The quantitative estimate of drug-likeness (QED) is 0.900. The Kier molecular flexibility index (Phi) is 4.75. The van der Waals surface area contributed by atoms with Crippen LogP contribution in [0, 0.1) is 0 Å². The minimum Gasteiger partial charge on any atom is -0.384 e. The van der Waals surface area contributed by atoms with Crippen LogP contribution in [0.2, 0.25) is 5.02 Å². The van der Waals surface area contributed by atoms with Gasteiger partial charge in [-0.05, 0) is 19.4 Å². The molecule has 0 aromatic carbocycles. The number of aromatic nitrogens is 1. The summed E-state index contributed by atoms with van der Waals surface area (Å²) in [5.74, 6) is 0.180. The summed E-state index contributed by atoms with van der Waals surface area (Å²) in [5.41, 5.74) is 5.97. The second-order valence-electron chi connectivity index (χ2n) is 4.14. The molecule has 94 valence electrons. The van der Waals surface area contributed by atoms with Crippen molar-refractivity contribution in [1.29, 1.82) is 0 Å². The number of amides is 1. The highest BCUT2D eigenvalue weighted by Crippen LogP contribution is 2.19. The molecule has 0 bridgehead atoms. The third-order valence-corrected chi connectivity index (χ3v) is 3.10. The van der Waals surface area contributed by atoms with Gasteiger partial charge in [0.25, 0.3) is 5.91 Å². The van der Waals surface area contributed by atoms with Gasteiger partial charge in [-0.2, -0.15) is 0 Å². The summed E-state index contributed by atoms with van der Waals surface area (Å²) >= 11 is 5.95. The number of hydrogen-bond acceptors (Lipinski definition) is 3. The lowest BCUT2D eigenvalue weighted by Gasteiger charge is -2.25. The molecule has 1 aromatic rings. The van der Waals surface area contributed by atoms with Gasteiger partial charge in [-0.1, -0.05) is 24.9 Å². The number of anilines is 1. The fourth-order valence-corrected chi connectivity index (χ4v) is 1.80. The fourth-order valence-electron chi connectivity index (χ4n) is 1.62. The van der Waals surface area contributed by atoms with Crippen LogP contribution in [0.15, 0.2) is 12.3 Å². The molecule has 0 spiro atoms. The van der Waals surface area contributed by atoms with Gasteiger partial charge in [0.1, 0.15) is 5.82 Å². The molecule has 4 nitrogen and oxygen atoms in total. The maximum atomic E-state index is 12.2. The lowest BCUT2D eigenvalue weighted by atomic mass is 10.1. The normalized spacial score (nSPS) is 12.2. The standard InChI is InChI=1S/C12H18ClN3O/c1-4-5-8(2)16(3)12(17)9-6-11(14)15-7-10(9)13/h6-8H,4-5H2,1-3H3,(H2,14,15). The Morgan fingerprint density at radius 3 is 2.88 bits per heavy atom. The third-order valence-electron chi connectivity index (χ3n) is 2.79. The van der Waals surface area contributed by atoms with Gasteiger partial charge in [-0.25, -0.2) is 4.98 Å². The van der Waals surface area contributed by atoms with Crippen LogP contribution in [0.5, 0.6) is 0 Å². The smallest absolute Gasteiger partial charge is 0.255 e. The van der Waals surface area contributed by atoms with Crippen molar-refractivity contribution in [2.45, 2.75) is 32.7 Å². The highest BCUT2D eigenvalue weighted by molar-refractivity contribution is 6.33. The molecule has 1 aromatic heterocycles. The monoisotopic (exact) mass is 255 g/mol. The van der Waals surface area contributed by atoms with Gasteiger partial charge < -0.3 is 10.6 Å². The summed E-state index contributed by atoms with van der Waals surface area (Å²) in [7, 11) is 1.77. The van der Waals surface area contributed by atoms with Crippen LogP contribution in [0.3, 0.4) is 0 Å². The van der Waals surface area contributed by atoms with Crippen molar-refractivity contribution < 1.29 is 4.79 Å². The summed E-state index contributed by atoms with van der Waals surface area (Å²) in [4.78, 5) is 17.7. The van der Waals surface area contributed by atoms with E-state index in [1.165, 1.54) is 12.3 Å². The zero-order chi connectivity index (χ0) is 13.0. The van der Waals surface area contributed by atoms with E-state index in [0.29, 0.717) is 16.4 Å². The van der Waals surface area contributed by atoms with Crippen molar-refractivity contribution in [3.05, 3.63) is 22.8 Å². The van der Waals surface area contributed by atoms with Crippen molar-refractivity contribution in [3.63, 3.8) is 0 Å². The molecular weight excluding hydrogens is 238 g/mol. The largest absolute Gasteiger partial charge is 0.384 e. The molecule has 1 amide bonds. The Morgan fingerprint density at radius 2 is 2.29 bits per heavy atom. The molecule has 0 radical (unpaired) electrons. The van der Waals surface area contributed by atoms with Crippen LogP contribution in [-0.2, 0) is 0 Å². The van der Waals surface area contributed by atoms with E-state index in [-0.39, 0.29) is 11.9 Å². The van der Waals surface area contributed by atoms with E-state index in [2.05, 4.69) is 11.9 Å². The minimum atomic E-state index is -0.120. The molecule has 0 saturated carbocycles. The van der Waals surface area contributed by atoms with Gasteiger partial charge >= 0.3 is 0 Å². The second kappa shape index (κ2) is 5.87. The molecule has 1 unspecified atom stereocenters. The molecule has 1 atom stereocenters. The molecule has 0 fully saturated rings. The average molecular weight is 256 g/mol. The van der Waals surface area contributed by atoms with E-state index in [9.17, 15) is 4.79 Å². The molecule has 5 heteroatoms. The lowest BCUT2D eigenvalue weighted by Crippen LogP contribution is -2.35. The number of rotatable bonds is 4. The van der Waals surface area contributed by atoms with E-state index in [0.717, 1.165) is 12.8 Å². The SMILES string of the molecule is CCCC(C)N(C)C(=O)c1cc(N)ncc1Cl. The van der Waals surface area contributed by atoms with Gasteiger partial charge in [-0.15, -0.1) is 0 Å². The highest BCUT2D eigenvalue weighted by atomic mass is 35.5. The number of carbonyl (C=O) groups is 1. The molecule has 2 N–H and O–H groups in total. The summed E-state index contributed by atoms with van der Waals surface area (Å²) in [6.07, 6.45) is 3.40. The Morgan fingerprint density at radius 1 is 1.65 bits per heavy atom. The van der Waals surface area contributed by atoms with Gasteiger partial charge in [-0.3, -0.25) is 4.79 Å². The van der Waals surface area contributed by atoms with Crippen LogP contribution in [0.1, 0.15) is 37.0 Å². The number of nitrogen functional groups attached to an aromatic ring is 1. The molecule has 1 heterocycles. The van der Waals surface area contributed by atoms with E-state index < -0.39 is 0 Å². The first-order valence-corrected chi connectivity index (χ1v) is 6.03. The van der Waals surface area contributed by atoms with Crippen molar-refractivity contribution >= 4 is 23.3 Å². The first kappa shape index (κ1) is 13.8. The number of hydrogen-bond donors (Lipinski definition) is 1. The summed E-state index contributed by atoms with van der Waals surface area (Å²) < 4.78 is 0. The minimum absolute atomic E-state index is 0.120. The van der Waals surface area contributed by atoms with E-state index in [1.807, 2.05) is 6.92 Å².